The third-order valence-electron chi connectivity index (χ3n) is 4.98. The van der Waals surface area contributed by atoms with Gasteiger partial charge in [0, 0.05) is 37.2 Å². The highest BCUT2D eigenvalue weighted by Gasteiger charge is 2.32. The molecule has 2 aromatic carbocycles. The molecule has 1 fully saturated rings. The van der Waals surface area contributed by atoms with Crippen LogP contribution in [-0.2, 0) is 6.54 Å². The molecule has 134 valence electrons. The lowest BCUT2D eigenvalue weighted by atomic mass is 10.0. The molecule has 2 heterocycles. The summed E-state index contributed by atoms with van der Waals surface area (Å²) in [6.07, 6.45) is 5.96. The quantitative estimate of drug-likeness (QED) is 0.769. The molecular formula is C21H23N3O2. The molecule has 3 aromatic rings. The zero-order valence-electron chi connectivity index (χ0n) is 14.8. The van der Waals surface area contributed by atoms with Gasteiger partial charge in [0.2, 0.25) is 0 Å². The fraction of sp³-hybridized carbons (Fsp3) is 0.286. The number of hydrogen-bond donors (Lipinski definition) is 1. The first-order valence-corrected chi connectivity index (χ1v) is 8.86. The molecule has 0 unspecified atom stereocenters. The molecule has 26 heavy (non-hydrogen) atoms. The van der Waals surface area contributed by atoms with Crippen molar-refractivity contribution in [3.63, 3.8) is 0 Å². The second-order valence-electron chi connectivity index (χ2n) is 6.75. The van der Waals surface area contributed by atoms with Crippen molar-refractivity contribution in [2.75, 3.05) is 13.7 Å². The van der Waals surface area contributed by atoms with E-state index in [0.29, 0.717) is 6.54 Å². The fourth-order valence-electron chi connectivity index (χ4n) is 3.67. The lowest BCUT2D eigenvalue weighted by Crippen LogP contribution is -2.24. The minimum Gasteiger partial charge on any atom is -0.497 e. The van der Waals surface area contributed by atoms with Gasteiger partial charge in [-0.2, -0.15) is 0 Å². The first-order chi connectivity index (χ1) is 12.7. The van der Waals surface area contributed by atoms with Crippen LogP contribution < -0.4 is 4.74 Å². The monoisotopic (exact) mass is 349 g/mol. The normalized spacial score (nSPS) is 20.4. The highest BCUT2D eigenvalue weighted by molar-refractivity contribution is 5.35. The number of hydrogen-bond acceptors (Lipinski definition) is 4. The van der Waals surface area contributed by atoms with E-state index >= 15 is 0 Å². The van der Waals surface area contributed by atoms with Gasteiger partial charge in [0.1, 0.15) is 5.75 Å². The van der Waals surface area contributed by atoms with Gasteiger partial charge in [-0.3, -0.25) is 4.90 Å². The number of imidazole rings is 1. The van der Waals surface area contributed by atoms with E-state index in [1.54, 1.807) is 19.6 Å². The molecule has 0 bridgehead atoms. The summed E-state index contributed by atoms with van der Waals surface area (Å²) in [5, 5.41) is 10.2. The van der Waals surface area contributed by atoms with Crippen LogP contribution in [0.5, 0.6) is 5.75 Å². The van der Waals surface area contributed by atoms with Crippen LogP contribution in [0, 0.1) is 0 Å². The van der Waals surface area contributed by atoms with Crippen molar-refractivity contribution in [2.24, 2.45) is 0 Å². The van der Waals surface area contributed by atoms with Gasteiger partial charge >= 0.3 is 0 Å². The van der Waals surface area contributed by atoms with Crippen LogP contribution in [0.25, 0.3) is 5.69 Å². The summed E-state index contributed by atoms with van der Waals surface area (Å²) in [7, 11) is 1.68. The summed E-state index contributed by atoms with van der Waals surface area (Å²) < 4.78 is 7.34. The van der Waals surface area contributed by atoms with Crippen molar-refractivity contribution in [1.29, 1.82) is 0 Å². The summed E-state index contributed by atoms with van der Waals surface area (Å²) in [5.74, 6) is 0.855. The third kappa shape index (κ3) is 3.49. The number of likely N-dealkylation sites (tertiary alicyclic amines) is 1. The Morgan fingerprint density at radius 1 is 1.19 bits per heavy atom. The summed E-state index contributed by atoms with van der Waals surface area (Å²) in [5.41, 5.74) is 3.52. The standard InChI is InChI=1S/C21H23N3O2/c1-26-20-4-2-3-17(11-20)21-12-19(25)14-24(21)13-16-5-7-18(8-6-16)23-10-9-22-15-23/h2-11,15,19,21,25H,12-14H2,1H3/t19-,21-/m1/s1. The van der Waals surface area contributed by atoms with Gasteiger partial charge in [-0.25, -0.2) is 4.98 Å². The van der Waals surface area contributed by atoms with Gasteiger partial charge in [-0.1, -0.05) is 24.3 Å². The van der Waals surface area contributed by atoms with E-state index in [2.05, 4.69) is 46.3 Å². The van der Waals surface area contributed by atoms with Crippen LogP contribution in [0.4, 0.5) is 0 Å². The Morgan fingerprint density at radius 3 is 2.77 bits per heavy atom. The molecule has 0 saturated carbocycles. The summed E-state index contributed by atoms with van der Waals surface area (Å²) in [4.78, 5) is 6.43. The second kappa shape index (κ2) is 7.32. The van der Waals surface area contributed by atoms with Crippen LogP contribution >= 0.6 is 0 Å². The molecule has 2 atom stereocenters. The zero-order valence-corrected chi connectivity index (χ0v) is 14.8. The number of nitrogens with zero attached hydrogens (tertiary/aromatic N) is 3. The molecule has 4 rings (SSSR count). The van der Waals surface area contributed by atoms with Crippen LogP contribution in [0.15, 0.2) is 67.3 Å². The summed E-state index contributed by atoms with van der Waals surface area (Å²) >= 11 is 0. The number of β-amino-alcohol motifs (C(OH)–C–C–N with tert-alkyl or cyclic N) is 1. The van der Waals surface area contributed by atoms with Gasteiger partial charge in [0.15, 0.2) is 0 Å². The molecule has 5 nitrogen and oxygen atoms in total. The first kappa shape index (κ1) is 16.8. The van der Waals surface area contributed by atoms with E-state index in [-0.39, 0.29) is 12.1 Å². The molecule has 1 aromatic heterocycles. The minimum atomic E-state index is -0.295. The summed E-state index contributed by atoms with van der Waals surface area (Å²) in [6.45, 7) is 1.49. The Kier molecular flexibility index (Phi) is 4.73. The van der Waals surface area contributed by atoms with E-state index in [9.17, 15) is 5.11 Å². The van der Waals surface area contributed by atoms with Crippen molar-refractivity contribution in [2.45, 2.75) is 25.1 Å². The lowest BCUT2D eigenvalue weighted by molar-refractivity contribution is 0.172. The lowest BCUT2D eigenvalue weighted by Gasteiger charge is -2.25. The molecule has 5 heteroatoms. The Hall–Kier alpha value is -2.63. The molecule has 0 spiro atoms. The Bertz CT molecular complexity index is 846. The first-order valence-electron chi connectivity index (χ1n) is 8.86. The van der Waals surface area contributed by atoms with Crippen molar-refractivity contribution in [3.8, 4) is 11.4 Å². The zero-order chi connectivity index (χ0) is 17.9. The van der Waals surface area contributed by atoms with Gasteiger partial charge in [0.25, 0.3) is 0 Å². The minimum absolute atomic E-state index is 0.202. The number of aliphatic hydroxyl groups excluding tert-OH is 1. The van der Waals surface area contributed by atoms with E-state index in [0.717, 1.165) is 24.4 Å². The Labute approximate surface area is 153 Å². The maximum Gasteiger partial charge on any atom is 0.119 e. The second-order valence-corrected chi connectivity index (χ2v) is 6.75. The van der Waals surface area contributed by atoms with Crippen molar-refractivity contribution in [1.82, 2.24) is 14.5 Å². The highest BCUT2D eigenvalue weighted by atomic mass is 16.5. The predicted molar refractivity (Wildman–Crippen MR) is 100 cm³/mol. The van der Waals surface area contributed by atoms with Crippen LogP contribution in [0.2, 0.25) is 0 Å². The van der Waals surface area contributed by atoms with Crippen molar-refractivity contribution >= 4 is 0 Å². The Balaban J connectivity index is 1.52. The smallest absolute Gasteiger partial charge is 0.119 e. The molecule has 1 saturated heterocycles. The van der Waals surface area contributed by atoms with Crippen LogP contribution in [0.3, 0.4) is 0 Å². The number of aliphatic hydroxyl groups is 1. The maximum absolute atomic E-state index is 10.2. The van der Waals surface area contributed by atoms with Gasteiger partial charge in [-0.15, -0.1) is 0 Å². The van der Waals surface area contributed by atoms with Gasteiger partial charge in [-0.05, 0) is 41.8 Å². The molecule has 0 radical (unpaired) electrons. The SMILES string of the molecule is COc1cccc([C@H]2C[C@@H](O)CN2Cc2ccc(-n3ccnc3)cc2)c1. The number of benzene rings is 2. The molecule has 1 aliphatic rings. The molecule has 1 N–H and O–H groups in total. The topological polar surface area (TPSA) is 50.5 Å². The van der Waals surface area contributed by atoms with Gasteiger partial charge < -0.3 is 14.4 Å². The average molecular weight is 349 g/mol. The van der Waals surface area contributed by atoms with E-state index in [1.165, 1.54) is 11.1 Å². The Morgan fingerprint density at radius 2 is 2.04 bits per heavy atom. The summed E-state index contributed by atoms with van der Waals surface area (Å²) in [6, 6.07) is 16.8. The molecule has 1 aliphatic heterocycles. The van der Waals surface area contributed by atoms with E-state index < -0.39 is 0 Å². The number of methoxy groups -OCH3 is 1. The molecule has 0 aliphatic carbocycles. The van der Waals surface area contributed by atoms with Crippen molar-refractivity contribution in [3.05, 3.63) is 78.4 Å². The van der Waals surface area contributed by atoms with Crippen molar-refractivity contribution < 1.29 is 9.84 Å². The number of ether oxygens (including phenoxy) is 1. The highest BCUT2D eigenvalue weighted by Crippen LogP contribution is 2.34. The fourth-order valence-corrected chi connectivity index (χ4v) is 3.67. The average Bonchev–Trinajstić information content (AvgIpc) is 3.32. The van der Waals surface area contributed by atoms with E-state index in [1.807, 2.05) is 22.9 Å². The van der Waals surface area contributed by atoms with Crippen LogP contribution in [0.1, 0.15) is 23.6 Å². The van der Waals surface area contributed by atoms with Gasteiger partial charge in [0.05, 0.1) is 19.5 Å². The number of rotatable bonds is 5. The number of aromatic nitrogens is 2. The van der Waals surface area contributed by atoms with Crippen LogP contribution in [-0.4, -0.2) is 39.3 Å². The molecule has 0 amide bonds. The molecular weight excluding hydrogens is 326 g/mol. The predicted octanol–water partition coefficient (Wildman–Crippen LogP) is 3.19. The largest absolute Gasteiger partial charge is 0.497 e. The third-order valence-corrected chi connectivity index (χ3v) is 4.98. The maximum atomic E-state index is 10.2. The van der Waals surface area contributed by atoms with E-state index in [4.69, 9.17) is 4.74 Å².